The highest BCUT2D eigenvalue weighted by Gasteiger charge is 2.47. The van der Waals surface area contributed by atoms with E-state index in [9.17, 15) is 9.90 Å². The molecule has 1 aliphatic rings. The van der Waals surface area contributed by atoms with Crippen molar-refractivity contribution in [2.24, 2.45) is 0 Å². The highest BCUT2D eigenvalue weighted by molar-refractivity contribution is 6.31. The van der Waals surface area contributed by atoms with Crippen molar-refractivity contribution < 1.29 is 19.4 Å². The van der Waals surface area contributed by atoms with Gasteiger partial charge < -0.3 is 14.6 Å². The fraction of sp³-hybridized carbons (Fsp3) is 0.400. The molecular formula is C25H29ClO4. The zero-order valence-corrected chi connectivity index (χ0v) is 19.4. The summed E-state index contributed by atoms with van der Waals surface area (Å²) in [5.74, 6) is 0.910. The molecule has 5 heteroatoms. The Morgan fingerprint density at radius 3 is 2.33 bits per heavy atom. The minimum Gasteiger partial charge on any atom is -0.508 e. The number of Topliss-reactive ketones (excluding diaryl/α,β-unsaturated/α-hetero) is 1. The number of carbonyl (C=O) groups excluding carboxylic acids is 1. The van der Waals surface area contributed by atoms with E-state index in [-0.39, 0.29) is 17.1 Å². The average molecular weight is 429 g/mol. The van der Waals surface area contributed by atoms with Gasteiger partial charge in [0.2, 0.25) is 0 Å². The zero-order valence-electron chi connectivity index (χ0n) is 18.6. The van der Waals surface area contributed by atoms with Gasteiger partial charge in [-0.15, -0.1) is 0 Å². The first kappa shape index (κ1) is 22.4. The Bertz CT molecular complexity index is 1050. The van der Waals surface area contributed by atoms with Crippen molar-refractivity contribution in [2.75, 3.05) is 0 Å². The van der Waals surface area contributed by atoms with Crippen LogP contribution < -0.4 is 4.74 Å². The SMILES string of the molecule is CCc1ccc(Oc2cc(Cl)c(C)cc2C)cc1C1=C(O)C(C)(C)OC(C)(C)C1=O. The van der Waals surface area contributed by atoms with Gasteiger partial charge in [-0.1, -0.05) is 30.7 Å². The maximum absolute atomic E-state index is 13.2. The molecule has 0 saturated carbocycles. The van der Waals surface area contributed by atoms with Crippen LogP contribution in [0.15, 0.2) is 36.1 Å². The van der Waals surface area contributed by atoms with Gasteiger partial charge in [-0.05, 0) is 88.4 Å². The van der Waals surface area contributed by atoms with Crippen LogP contribution in [0, 0.1) is 13.8 Å². The van der Waals surface area contributed by atoms with E-state index in [1.807, 2.05) is 45.0 Å². The van der Waals surface area contributed by atoms with Gasteiger partial charge in [-0.25, -0.2) is 0 Å². The summed E-state index contributed by atoms with van der Waals surface area (Å²) in [6.45, 7) is 12.9. The molecule has 0 saturated heterocycles. The molecule has 30 heavy (non-hydrogen) atoms. The van der Waals surface area contributed by atoms with E-state index in [2.05, 4.69) is 0 Å². The molecule has 0 amide bonds. The van der Waals surface area contributed by atoms with E-state index in [4.69, 9.17) is 21.1 Å². The lowest BCUT2D eigenvalue weighted by molar-refractivity contribution is -0.158. The monoisotopic (exact) mass is 428 g/mol. The van der Waals surface area contributed by atoms with E-state index in [0.29, 0.717) is 28.5 Å². The molecule has 2 aromatic carbocycles. The molecule has 1 aliphatic heterocycles. The average Bonchev–Trinajstić information content (AvgIpc) is 2.64. The molecule has 1 N–H and O–H groups in total. The first-order chi connectivity index (χ1) is 13.9. The van der Waals surface area contributed by atoms with Gasteiger partial charge in [-0.2, -0.15) is 0 Å². The summed E-state index contributed by atoms with van der Waals surface area (Å²) in [6, 6.07) is 9.38. The highest BCUT2D eigenvalue weighted by Crippen LogP contribution is 2.42. The second kappa shape index (κ2) is 7.75. The Hall–Kier alpha value is -2.30. The standard InChI is InChI=1S/C25H29ClO4/c1-8-16-9-10-17(29-20-13-19(26)14(2)11-15(20)3)12-18(16)21-22(27)24(4,5)30-25(6,7)23(21)28/h9-13,27H,8H2,1-7H3. The van der Waals surface area contributed by atoms with Crippen molar-refractivity contribution in [3.63, 3.8) is 0 Å². The molecule has 4 nitrogen and oxygen atoms in total. The van der Waals surface area contributed by atoms with Gasteiger partial charge >= 0.3 is 0 Å². The predicted molar refractivity (Wildman–Crippen MR) is 121 cm³/mol. The first-order valence-electron chi connectivity index (χ1n) is 10.1. The number of ether oxygens (including phenoxy) is 2. The van der Waals surface area contributed by atoms with E-state index in [1.54, 1.807) is 33.8 Å². The second-order valence-electron chi connectivity index (χ2n) is 8.82. The molecule has 3 rings (SSSR count). The smallest absolute Gasteiger partial charge is 0.198 e. The maximum atomic E-state index is 13.2. The van der Waals surface area contributed by atoms with Gasteiger partial charge in [-0.3, -0.25) is 4.79 Å². The van der Waals surface area contributed by atoms with E-state index >= 15 is 0 Å². The highest BCUT2D eigenvalue weighted by atomic mass is 35.5. The van der Waals surface area contributed by atoms with Crippen molar-refractivity contribution in [1.82, 2.24) is 0 Å². The third kappa shape index (κ3) is 3.99. The second-order valence-corrected chi connectivity index (χ2v) is 9.22. The van der Waals surface area contributed by atoms with Crippen LogP contribution in [0.1, 0.15) is 56.9 Å². The van der Waals surface area contributed by atoms with Crippen molar-refractivity contribution in [2.45, 2.75) is 66.1 Å². The molecule has 0 atom stereocenters. The van der Waals surface area contributed by atoms with E-state index in [1.165, 1.54) is 0 Å². The van der Waals surface area contributed by atoms with Crippen LogP contribution in [0.3, 0.4) is 0 Å². The number of aryl methyl sites for hydroxylation is 3. The predicted octanol–water partition coefficient (Wildman–Crippen LogP) is 6.74. The fourth-order valence-corrected chi connectivity index (χ4v) is 4.05. The molecule has 160 valence electrons. The van der Waals surface area contributed by atoms with Gasteiger partial charge in [0.1, 0.15) is 28.5 Å². The number of ketones is 1. The van der Waals surface area contributed by atoms with Crippen LogP contribution in [-0.2, 0) is 16.0 Å². The zero-order chi connectivity index (χ0) is 22.4. The van der Waals surface area contributed by atoms with Crippen molar-refractivity contribution in [3.05, 3.63) is 63.4 Å². The summed E-state index contributed by atoms with van der Waals surface area (Å²) in [6.07, 6.45) is 0.705. The first-order valence-corrected chi connectivity index (χ1v) is 10.5. The Kier molecular flexibility index (Phi) is 5.78. The molecule has 0 bridgehead atoms. The van der Waals surface area contributed by atoms with Crippen LogP contribution in [0.5, 0.6) is 11.5 Å². The topological polar surface area (TPSA) is 55.8 Å². The van der Waals surface area contributed by atoms with Crippen molar-refractivity contribution in [3.8, 4) is 11.5 Å². The summed E-state index contributed by atoms with van der Waals surface area (Å²) in [5.41, 5.74) is 1.82. The van der Waals surface area contributed by atoms with Crippen LogP contribution in [0.2, 0.25) is 5.02 Å². The molecule has 0 spiro atoms. The maximum Gasteiger partial charge on any atom is 0.198 e. The van der Waals surface area contributed by atoms with Crippen LogP contribution in [0.25, 0.3) is 5.57 Å². The Morgan fingerprint density at radius 1 is 1.03 bits per heavy atom. The molecule has 2 aromatic rings. The lowest BCUT2D eigenvalue weighted by Gasteiger charge is -2.40. The quantitative estimate of drug-likeness (QED) is 0.586. The fourth-order valence-electron chi connectivity index (χ4n) is 3.90. The van der Waals surface area contributed by atoms with Gasteiger partial charge in [0.15, 0.2) is 5.78 Å². The number of halogens is 1. The number of carbonyl (C=O) groups is 1. The number of benzene rings is 2. The molecular weight excluding hydrogens is 400 g/mol. The summed E-state index contributed by atoms with van der Waals surface area (Å²) >= 11 is 6.27. The molecule has 0 aliphatic carbocycles. The Balaban J connectivity index is 2.14. The molecule has 0 fully saturated rings. The third-order valence-corrected chi connectivity index (χ3v) is 5.91. The minimum atomic E-state index is -1.05. The van der Waals surface area contributed by atoms with Gasteiger partial charge in [0.25, 0.3) is 0 Å². The molecule has 0 radical (unpaired) electrons. The normalized spacial score (nSPS) is 17.9. The molecule has 0 unspecified atom stereocenters. The largest absolute Gasteiger partial charge is 0.508 e. The van der Waals surface area contributed by atoms with E-state index < -0.39 is 11.2 Å². The Morgan fingerprint density at radius 2 is 1.70 bits per heavy atom. The Labute approximate surface area is 183 Å². The van der Waals surface area contributed by atoms with Crippen LogP contribution in [-0.4, -0.2) is 22.1 Å². The number of aliphatic hydroxyl groups excluding tert-OH is 1. The van der Waals surface area contributed by atoms with Gasteiger partial charge in [0.05, 0.1) is 5.57 Å². The van der Waals surface area contributed by atoms with Crippen LogP contribution >= 0.6 is 11.6 Å². The summed E-state index contributed by atoms with van der Waals surface area (Å²) in [7, 11) is 0. The van der Waals surface area contributed by atoms with E-state index in [0.717, 1.165) is 16.7 Å². The summed E-state index contributed by atoms with van der Waals surface area (Å²) in [4.78, 5) is 13.2. The lowest BCUT2D eigenvalue weighted by Crippen LogP contribution is -2.49. The third-order valence-electron chi connectivity index (χ3n) is 5.51. The number of aliphatic hydroxyl groups is 1. The number of hydrogen-bond donors (Lipinski definition) is 1. The van der Waals surface area contributed by atoms with Gasteiger partial charge in [0, 0.05) is 5.02 Å². The summed E-state index contributed by atoms with van der Waals surface area (Å²) in [5, 5.41) is 11.6. The van der Waals surface area contributed by atoms with Crippen molar-refractivity contribution in [1.29, 1.82) is 0 Å². The minimum absolute atomic E-state index is 0.0618. The number of hydrogen-bond acceptors (Lipinski definition) is 4. The molecule has 0 aromatic heterocycles. The lowest BCUT2D eigenvalue weighted by atomic mass is 9.81. The summed E-state index contributed by atoms with van der Waals surface area (Å²) < 4.78 is 12.0. The van der Waals surface area contributed by atoms with Crippen LogP contribution in [0.4, 0.5) is 0 Å². The number of rotatable bonds is 4. The molecule has 1 heterocycles. The van der Waals surface area contributed by atoms with Crippen molar-refractivity contribution >= 4 is 23.0 Å².